The minimum absolute atomic E-state index is 0.0745. The van der Waals surface area contributed by atoms with Gasteiger partial charge in [-0.25, -0.2) is 13.8 Å². The van der Waals surface area contributed by atoms with Gasteiger partial charge in [0, 0.05) is 43.6 Å². The van der Waals surface area contributed by atoms with Crippen LogP contribution >= 0.6 is 0 Å². The van der Waals surface area contributed by atoms with Crippen molar-refractivity contribution in [1.82, 2.24) is 10.3 Å². The number of rotatable bonds is 6. The van der Waals surface area contributed by atoms with Gasteiger partial charge < -0.3 is 15.5 Å². The van der Waals surface area contributed by atoms with Gasteiger partial charge in [0.15, 0.2) is 11.6 Å². The molecule has 1 saturated heterocycles. The SMILES string of the molecule is O=C(NC1CC1)c1ccc(NCC2CCN(c3ccc(F)c(F)c3)C2)nc1. The van der Waals surface area contributed by atoms with Gasteiger partial charge in [-0.2, -0.15) is 0 Å². The number of hydrogen-bond acceptors (Lipinski definition) is 4. The molecule has 1 aromatic heterocycles. The van der Waals surface area contributed by atoms with Crippen LogP contribution in [0.5, 0.6) is 0 Å². The van der Waals surface area contributed by atoms with Gasteiger partial charge in [-0.15, -0.1) is 0 Å². The number of aromatic nitrogens is 1. The Labute approximate surface area is 156 Å². The van der Waals surface area contributed by atoms with Crippen molar-refractivity contribution in [3.05, 3.63) is 53.7 Å². The van der Waals surface area contributed by atoms with E-state index in [1.54, 1.807) is 18.3 Å². The Hall–Kier alpha value is -2.70. The zero-order chi connectivity index (χ0) is 18.8. The van der Waals surface area contributed by atoms with Gasteiger partial charge in [0.1, 0.15) is 5.82 Å². The molecule has 1 aliphatic carbocycles. The number of benzene rings is 1. The third-order valence-corrected chi connectivity index (χ3v) is 5.06. The van der Waals surface area contributed by atoms with Crippen molar-refractivity contribution < 1.29 is 13.6 Å². The maximum atomic E-state index is 13.4. The van der Waals surface area contributed by atoms with Gasteiger partial charge in [-0.3, -0.25) is 4.79 Å². The predicted molar refractivity (Wildman–Crippen MR) is 99.9 cm³/mol. The van der Waals surface area contributed by atoms with Gasteiger partial charge in [0.05, 0.1) is 5.56 Å². The third-order valence-electron chi connectivity index (χ3n) is 5.06. The molecule has 1 atom stereocenters. The fourth-order valence-electron chi connectivity index (χ4n) is 3.29. The highest BCUT2D eigenvalue weighted by atomic mass is 19.2. The van der Waals surface area contributed by atoms with E-state index in [0.717, 1.165) is 44.7 Å². The van der Waals surface area contributed by atoms with E-state index in [0.29, 0.717) is 23.2 Å². The number of amides is 1. The maximum absolute atomic E-state index is 13.4. The zero-order valence-corrected chi connectivity index (χ0v) is 14.9. The standard InChI is InChI=1S/C20H22F2N4O/c21-17-5-4-16(9-18(17)22)26-8-7-13(12-26)10-23-19-6-1-14(11-24-19)20(27)25-15-2-3-15/h1,4-6,9,11,13,15H,2-3,7-8,10,12H2,(H,23,24)(H,25,27). The van der Waals surface area contributed by atoms with Crippen molar-refractivity contribution >= 4 is 17.4 Å². The minimum atomic E-state index is -0.823. The first kappa shape index (κ1) is 17.7. The fourth-order valence-corrected chi connectivity index (χ4v) is 3.29. The second-order valence-corrected chi connectivity index (χ2v) is 7.26. The number of halogens is 2. The topological polar surface area (TPSA) is 57.3 Å². The highest BCUT2D eigenvalue weighted by Gasteiger charge is 2.24. The Morgan fingerprint density at radius 3 is 2.70 bits per heavy atom. The summed E-state index contributed by atoms with van der Waals surface area (Å²) in [5.41, 5.74) is 1.28. The highest BCUT2D eigenvalue weighted by Crippen LogP contribution is 2.25. The lowest BCUT2D eigenvalue weighted by Crippen LogP contribution is -2.25. The van der Waals surface area contributed by atoms with Gasteiger partial charge >= 0.3 is 0 Å². The van der Waals surface area contributed by atoms with Crippen molar-refractivity contribution in [2.75, 3.05) is 29.9 Å². The van der Waals surface area contributed by atoms with Gasteiger partial charge in [-0.05, 0) is 49.4 Å². The second kappa shape index (κ2) is 7.50. The Bertz CT molecular complexity index is 823. The number of hydrogen-bond donors (Lipinski definition) is 2. The Kier molecular flexibility index (Phi) is 4.92. The van der Waals surface area contributed by atoms with Crippen LogP contribution in [0, 0.1) is 17.6 Å². The van der Waals surface area contributed by atoms with Crippen LogP contribution in [0.3, 0.4) is 0 Å². The van der Waals surface area contributed by atoms with E-state index in [2.05, 4.69) is 20.5 Å². The summed E-state index contributed by atoms with van der Waals surface area (Å²) in [6.07, 6.45) is 4.67. The Balaban J connectivity index is 1.27. The van der Waals surface area contributed by atoms with Crippen LogP contribution in [0.25, 0.3) is 0 Å². The number of nitrogens with zero attached hydrogens (tertiary/aromatic N) is 2. The number of carbonyl (C=O) groups is 1. The van der Waals surface area contributed by atoms with E-state index in [9.17, 15) is 13.6 Å². The Morgan fingerprint density at radius 1 is 1.15 bits per heavy atom. The fraction of sp³-hybridized carbons (Fsp3) is 0.400. The summed E-state index contributed by atoms with van der Waals surface area (Å²) in [6, 6.07) is 7.94. The van der Waals surface area contributed by atoms with Gasteiger partial charge in [-0.1, -0.05) is 0 Å². The molecule has 0 spiro atoms. The van der Waals surface area contributed by atoms with Crippen molar-refractivity contribution in [3.8, 4) is 0 Å². The van der Waals surface area contributed by atoms with Crippen molar-refractivity contribution in [3.63, 3.8) is 0 Å². The molecule has 0 radical (unpaired) electrons. The maximum Gasteiger partial charge on any atom is 0.253 e. The van der Waals surface area contributed by atoms with E-state index in [1.165, 1.54) is 12.1 Å². The molecule has 2 aromatic rings. The third kappa shape index (κ3) is 4.35. The molecule has 2 aliphatic rings. The van der Waals surface area contributed by atoms with E-state index >= 15 is 0 Å². The van der Waals surface area contributed by atoms with Gasteiger partial charge in [0.2, 0.25) is 0 Å². The lowest BCUT2D eigenvalue weighted by Gasteiger charge is -2.19. The molecule has 2 fully saturated rings. The molecule has 4 rings (SSSR count). The molecule has 1 unspecified atom stereocenters. The molecule has 5 nitrogen and oxygen atoms in total. The van der Waals surface area contributed by atoms with Crippen LogP contribution < -0.4 is 15.5 Å². The van der Waals surface area contributed by atoms with E-state index in [1.807, 2.05) is 6.07 Å². The van der Waals surface area contributed by atoms with Crippen LogP contribution in [0.15, 0.2) is 36.5 Å². The quantitative estimate of drug-likeness (QED) is 0.818. The largest absolute Gasteiger partial charge is 0.371 e. The zero-order valence-electron chi connectivity index (χ0n) is 14.9. The molecule has 1 saturated carbocycles. The van der Waals surface area contributed by atoms with Gasteiger partial charge in [0.25, 0.3) is 5.91 Å². The van der Waals surface area contributed by atoms with E-state index < -0.39 is 11.6 Å². The molecule has 0 bridgehead atoms. The summed E-state index contributed by atoms with van der Waals surface area (Å²) >= 11 is 0. The van der Waals surface area contributed by atoms with Crippen LogP contribution in [0.1, 0.15) is 29.6 Å². The second-order valence-electron chi connectivity index (χ2n) is 7.26. The van der Waals surface area contributed by atoms with Crippen molar-refractivity contribution in [2.24, 2.45) is 5.92 Å². The Morgan fingerprint density at radius 2 is 2.00 bits per heavy atom. The molecular weight excluding hydrogens is 350 g/mol. The van der Waals surface area contributed by atoms with Crippen LogP contribution in [0.4, 0.5) is 20.3 Å². The molecule has 1 amide bonds. The average Bonchev–Trinajstić information content (AvgIpc) is 3.36. The average molecular weight is 372 g/mol. The number of carbonyl (C=O) groups excluding carboxylic acids is 1. The summed E-state index contributed by atoms with van der Waals surface area (Å²) in [4.78, 5) is 18.3. The molecular formula is C20H22F2N4O. The van der Waals surface area contributed by atoms with E-state index in [-0.39, 0.29) is 5.91 Å². The summed E-state index contributed by atoms with van der Waals surface area (Å²) in [5, 5.41) is 6.23. The molecule has 1 aromatic carbocycles. The van der Waals surface area contributed by atoms with Crippen molar-refractivity contribution in [2.45, 2.75) is 25.3 Å². The summed E-state index contributed by atoms with van der Waals surface area (Å²) < 4.78 is 26.5. The number of nitrogens with one attached hydrogen (secondary N) is 2. The van der Waals surface area contributed by atoms with E-state index in [4.69, 9.17) is 0 Å². The minimum Gasteiger partial charge on any atom is -0.371 e. The molecule has 2 heterocycles. The highest BCUT2D eigenvalue weighted by molar-refractivity contribution is 5.94. The predicted octanol–water partition coefficient (Wildman–Crippen LogP) is 3.19. The molecule has 142 valence electrons. The summed E-state index contributed by atoms with van der Waals surface area (Å²) in [6.45, 7) is 2.33. The van der Waals surface area contributed by atoms with Crippen molar-refractivity contribution in [1.29, 1.82) is 0 Å². The summed E-state index contributed by atoms with van der Waals surface area (Å²) in [7, 11) is 0. The first-order valence-electron chi connectivity index (χ1n) is 9.29. The smallest absolute Gasteiger partial charge is 0.253 e. The van der Waals surface area contributed by atoms with Crippen LogP contribution in [-0.2, 0) is 0 Å². The first-order valence-corrected chi connectivity index (χ1v) is 9.29. The monoisotopic (exact) mass is 372 g/mol. The lowest BCUT2D eigenvalue weighted by molar-refractivity contribution is 0.0950. The number of pyridine rings is 1. The number of anilines is 2. The molecule has 1 aliphatic heterocycles. The molecule has 27 heavy (non-hydrogen) atoms. The summed E-state index contributed by atoms with van der Waals surface area (Å²) in [5.74, 6) is -0.600. The van der Waals surface area contributed by atoms with Crippen LogP contribution in [0.2, 0.25) is 0 Å². The normalized spacial score (nSPS) is 19.2. The molecule has 2 N–H and O–H groups in total. The lowest BCUT2D eigenvalue weighted by atomic mass is 10.1. The first-order chi connectivity index (χ1) is 13.1. The molecule has 7 heteroatoms. The van der Waals surface area contributed by atoms with Crippen LogP contribution in [-0.4, -0.2) is 36.6 Å².